The van der Waals surface area contributed by atoms with Crippen LogP contribution in [0.4, 0.5) is 0 Å². The van der Waals surface area contributed by atoms with Crippen molar-refractivity contribution in [3.63, 3.8) is 0 Å². The number of rotatable bonds is 5. The van der Waals surface area contributed by atoms with Gasteiger partial charge in [-0.15, -0.1) is 0 Å². The summed E-state index contributed by atoms with van der Waals surface area (Å²) >= 11 is 1.83. The van der Waals surface area contributed by atoms with Crippen molar-refractivity contribution in [3.05, 3.63) is 0 Å². The van der Waals surface area contributed by atoms with Crippen LogP contribution >= 0.6 is 11.8 Å². The maximum atomic E-state index is 11.8. The van der Waals surface area contributed by atoms with Crippen molar-refractivity contribution < 1.29 is 9.53 Å². The average molecular weight is 246 g/mol. The van der Waals surface area contributed by atoms with E-state index in [0.717, 1.165) is 25.3 Å². The lowest BCUT2D eigenvalue weighted by atomic mass is 9.96. The Morgan fingerprint density at radius 3 is 2.75 bits per heavy atom. The first-order chi connectivity index (χ1) is 7.50. The van der Waals surface area contributed by atoms with E-state index in [4.69, 9.17) is 4.74 Å². The van der Waals surface area contributed by atoms with E-state index >= 15 is 0 Å². The molecule has 1 aliphatic rings. The van der Waals surface area contributed by atoms with Crippen LogP contribution in [0.25, 0.3) is 0 Å². The first-order valence-electron chi connectivity index (χ1n) is 5.60. The molecule has 94 valence electrons. The highest BCUT2D eigenvalue weighted by molar-refractivity contribution is 8.00. The molecule has 1 fully saturated rings. The van der Waals surface area contributed by atoms with Gasteiger partial charge in [0.15, 0.2) is 0 Å². The fraction of sp³-hybridized carbons (Fsp3) is 0.909. The maximum absolute atomic E-state index is 11.8. The van der Waals surface area contributed by atoms with Crippen molar-refractivity contribution in [2.24, 2.45) is 0 Å². The van der Waals surface area contributed by atoms with E-state index < -0.39 is 5.54 Å². The fourth-order valence-corrected chi connectivity index (χ4v) is 3.25. The van der Waals surface area contributed by atoms with Gasteiger partial charge in [0.05, 0.1) is 7.11 Å². The van der Waals surface area contributed by atoms with Crippen molar-refractivity contribution in [1.82, 2.24) is 10.2 Å². The third kappa shape index (κ3) is 3.37. The summed E-state index contributed by atoms with van der Waals surface area (Å²) < 4.78 is 4.91. The molecule has 2 atom stereocenters. The van der Waals surface area contributed by atoms with E-state index in [1.165, 1.54) is 7.11 Å². The second kappa shape index (κ2) is 5.89. The molecule has 1 saturated heterocycles. The van der Waals surface area contributed by atoms with Gasteiger partial charge >= 0.3 is 5.97 Å². The largest absolute Gasteiger partial charge is 0.468 e. The van der Waals surface area contributed by atoms with Gasteiger partial charge in [-0.1, -0.05) is 6.92 Å². The van der Waals surface area contributed by atoms with Crippen molar-refractivity contribution in [2.45, 2.75) is 24.1 Å². The lowest BCUT2D eigenvalue weighted by molar-refractivity contribution is -0.147. The Bertz CT molecular complexity index is 248. The van der Waals surface area contributed by atoms with E-state index in [0.29, 0.717) is 5.25 Å². The summed E-state index contributed by atoms with van der Waals surface area (Å²) in [6, 6.07) is 0. The molecule has 1 heterocycles. The van der Waals surface area contributed by atoms with Crippen LogP contribution in [-0.4, -0.2) is 61.7 Å². The van der Waals surface area contributed by atoms with Gasteiger partial charge in [0, 0.05) is 24.1 Å². The molecule has 0 saturated carbocycles. The molecule has 0 radical (unpaired) electrons. The fourth-order valence-electron chi connectivity index (χ4n) is 1.94. The highest BCUT2D eigenvalue weighted by atomic mass is 32.2. The summed E-state index contributed by atoms with van der Waals surface area (Å²) in [4.78, 5) is 13.9. The molecule has 1 aliphatic heterocycles. The molecule has 0 amide bonds. The van der Waals surface area contributed by atoms with Crippen molar-refractivity contribution in [3.8, 4) is 0 Å². The molecule has 2 unspecified atom stereocenters. The first-order valence-corrected chi connectivity index (χ1v) is 6.65. The zero-order valence-corrected chi connectivity index (χ0v) is 11.4. The average Bonchev–Trinajstić information content (AvgIpc) is 2.60. The minimum Gasteiger partial charge on any atom is -0.468 e. The van der Waals surface area contributed by atoms with Crippen LogP contribution in [0.1, 0.15) is 13.3 Å². The van der Waals surface area contributed by atoms with Gasteiger partial charge in [0.2, 0.25) is 0 Å². The standard InChI is InChI=1S/C11H22N2O2S/c1-9-7-11(8-16-9,10(14)15-4)12-5-6-13(2)3/h9,12H,5-8H2,1-4H3. The van der Waals surface area contributed by atoms with Crippen LogP contribution in [0.2, 0.25) is 0 Å². The summed E-state index contributed by atoms with van der Waals surface area (Å²) in [5.41, 5.74) is -0.463. The summed E-state index contributed by atoms with van der Waals surface area (Å²) in [6.07, 6.45) is 0.859. The Hall–Kier alpha value is -0.260. The van der Waals surface area contributed by atoms with Crippen LogP contribution in [0.5, 0.6) is 0 Å². The predicted octanol–water partition coefficient (Wildman–Crippen LogP) is 0.575. The molecule has 1 rings (SSSR count). The molecule has 0 aromatic heterocycles. The number of carbonyl (C=O) groups excluding carboxylic acids is 1. The number of likely N-dealkylation sites (N-methyl/N-ethyl adjacent to an activating group) is 1. The molecule has 0 bridgehead atoms. The number of ether oxygens (including phenoxy) is 1. The minimum absolute atomic E-state index is 0.122. The molecule has 16 heavy (non-hydrogen) atoms. The lowest BCUT2D eigenvalue weighted by Crippen LogP contribution is -2.54. The predicted molar refractivity (Wildman–Crippen MR) is 67.8 cm³/mol. The van der Waals surface area contributed by atoms with Crippen LogP contribution in [-0.2, 0) is 9.53 Å². The van der Waals surface area contributed by atoms with Crippen molar-refractivity contribution >= 4 is 17.7 Å². The minimum atomic E-state index is -0.463. The molecular weight excluding hydrogens is 224 g/mol. The number of carbonyl (C=O) groups is 1. The van der Waals surface area contributed by atoms with Crippen LogP contribution in [0.15, 0.2) is 0 Å². The molecule has 0 aromatic carbocycles. The molecular formula is C11H22N2O2S. The summed E-state index contributed by atoms with van der Waals surface area (Å²) in [5, 5.41) is 3.89. The second-order valence-corrected chi connectivity index (χ2v) is 6.06. The van der Waals surface area contributed by atoms with Gasteiger partial charge in [0.1, 0.15) is 5.54 Å². The molecule has 1 N–H and O–H groups in total. The Morgan fingerprint density at radius 1 is 1.62 bits per heavy atom. The second-order valence-electron chi connectivity index (χ2n) is 4.63. The number of hydrogen-bond donors (Lipinski definition) is 1. The summed E-state index contributed by atoms with van der Waals surface area (Å²) in [5.74, 6) is 0.692. The Kier molecular flexibility index (Phi) is 5.08. The molecule has 5 heteroatoms. The number of esters is 1. The molecule has 0 aliphatic carbocycles. The third-order valence-electron chi connectivity index (χ3n) is 2.85. The number of nitrogens with zero attached hydrogens (tertiary/aromatic N) is 1. The Morgan fingerprint density at radius 2 is 2.31 bits per heavy atom. The van der Waals surface area contributed by atoms with E-state index in [2.05, 4.69) is 17.1 Å². The summed E-state index contributed by atoms with van der Waals surface area (Å²) in [6.45, 7) is 3.90. The van der Waals surface area contributed by atoms with Gasteiger partial charge in [-0.25, -0.2) is 0 Å². The smallest absolute Gasteiger partial charge is 0.326 e. The molecule has 0 aromatic rings. The van der Waals surface area contributed by atoms with Crippen LogP contribution in [0, 0.1) is 0 Å². The van der Waals surface area contributed by atoms with Gasteiger partial charge in [-0.2, -0.15) is 11.8 Å². The van der Waals surface area contributed by atoms with Gasteiger partial charge in [-0.3, -0.25) is 10.1 Å². The number of methoxy groups -OCH3 is 1. The highest BCUT2D eigenvalue weighted by Gasteiger charge is 2.45. The molecule has 0 spiro atoms. The Balaban J connectivity index is 2.55. The summed E-state index contributed by atoms with van der Waals surface area (Å²) in [7, 11) is 5.52. The van der Waals surface area contributed by atoms with Crippen LogP contribution in [0.3, 0.4) is 0 Å². The quantitative estimate of drug-likeness (QED) is 0.719. The Labute approximate surface area is 102 Å². The van der Waals surface area contributed by atoms with E-state index in [-0.39, 0.29) is 5.97 Å². The van der Waals surface area contributed by atoms with Gasteiger partial charge < -0.3 is 9.64 Å². The number of thioether (sulfide) groups is 1. The highest BCUT2D eigenvalue weighted by Crippen LogP contribution is 2.35. The lowest BCUT2D eigenvalue weighted by Gasteiger charge is -2.27. The van der Waals surface area contributed by atoms with E-state index in [1.807, 2.05) is 25.9 Å². The zero-order valence-electron chi connectivity index (χ0n) is 10.6. The normalized spacial score (nSPS) is 29.7. The van der Waals surface area contributed by atoms with Gasteiger partial charge in [-0.05, 0) is 20.5 Å². The van der Waals surface area contributed by atoms with E-state index in [9.17, 15) is 4.79 Å². The van der Waals surface area contributed by atoms with Crippen molar-refractivity contribution in [1.29, 1.82) is 0 Å². The SMILES string of the molecule is COC(=O)C1(NCCN(C)C)CSC(C)C1. The third-order valence-corrected chi connectivity index (χ3v) is 4.24. The van der Waals surface area contributed by atoms with Gasteiger partial charge in [0.25, 0.3) is 0 Å². The van der Waals surface area contributed by atoms with E-state index in [1.54, 1.807) is 0 Å². The zero-order chi connectivity index (χ0) is 12.2. The monoisotopic (exact) mass is 246 g/mol. The number of hydrogen-bond acceptors (Lipinski definition) is 5. The molecule has 4 nitrogen and oxygen atoms in total. The first kappa shape index (κ1) is 13.8. The van der Waals surface area contributed by atoms with Crippen LogP contribution < -0.4 is 5.32 Å². The maximum Gasteiger partial charge on any atom is 0.326 e. The topological polar surface area (TPSA) is 41.6 Å². The van der Waals surface area contributed by atoms with Crippen molar-refractivity contribution in [2.75, 3.05) is 40.0 Å². The number of nitrogens with one attached hydrogen (secondary N) is 1.